The minimum atomic E-state index is -1.67. The minimum Gasteiger partial charge on any atom is -0.481 e. The zero-order valence-electron chi connectivity index (χ0n) is 9.11. The van der Waals surface area contributed by atoms with Crippen LogP contribution in [0.1, 0.15) is 0 Å². The molecule has 0 saturated heterocycles. The molecular formula is C9H17FNO4+. The Morgan fingerprint density at radius 3 is 2.07 bits per heavy atom. The number of carbonyl (C=O) groups excluding carboxylic acids is 1. The van der Waals surface area contributed by atoms with E-state index in [0.29, 0.717) is 4.48 Å². The van der Waals surface area contributed by atoms with Gasteiger partial charge >= 0.3 is 5.97 Å². The molecule has 0 fully saturated rings. The molecular weight excluding hydrogens is 205 g/mol. The van der Waals surface area contributed by atoms with Gasteiger partial charge in [0.25, 0.3) is 0 Å². The van der Waals surface area contributed by atoms with E-state index >= 15 is 0 Å². The first-order valence-corrected chi connectivity index (χ1v) is 4.49. The van der Waals surface area contributed by atoms with Gasteiger partial charge in [-0.05, 0) is 0 Å². The topological polar surface area (TPSA) is 74.6 Å². The second-order valence-corrected chi connectivity index (χ2v) is 4.46. The third-order valence-electron chi connectivity index (χ3n) is 1.86. The second-order valence-electron chi connectivity index (χ2n) is 4.46. The summed E-state index contributed by atoms with van der Waals surface area (Å²) in [5.74, 6) is -4.26. The van der Waals surface area contributed by atoms with Crippen molar-refractivity contribution in [2.45, 2.75) is 6.10 Å². The number of quaternary nitrogens is 1. The van der Waals surface area contributed by atoms with Crippen molar-refractivity contribution in [3.8, 4) is 0 Å². The maximum atomic E-state index is 12.1. The molecule has 0 aliphatic rings. The van der Waals surface area contributed by atoms with Crippen molar-refractivity contribution in [3.63, 3.8) is 0 Å². The highest BCUT2D eigenvalue weighted by atomic mass is 19.1. The van der Waals surface area contributed by atoms with Gasteiger partial charge < -0.3 is 14.7 Å². The molecule has 5 nitrogen and oxygen atoms in total. The number of hydrogen-bond donors (Lipinski definition) is 2. The van der Waals surface area contributed by atoms with Crippen molar-refractivity contribution >= 4 is 11.8 Å². The number of aliphatic hydroxyl groups excluding tert-OH is 1. The normalized spacial score (nSPS) is 15.8. The number of alkyl halides is 1. The van der Waals surface area contributed by atoms with E-state index in [-0.39, 0.29) is 6.54 Å². The molecule has 0 rings (SSSR count). The summed E-state index contributed by atoms with van der Waals surface area (Å²) < 4.78 is 12.4. The molecule has 88 valence electrons. The maximum Gasteiger partial charge on any atom is 0.317 e. The van der Waals surface area contributed by atoms with Gasteiger partial charge in [0.1, 0.15) is 25.2 Å². The van der Waals surface area contributed by atoms with Crippen LogP contribution >= 0.6 is 0 Å². The standard InChI is InChI=1S/C9H16FNO4/c1-11(2,3)5-7(13)8(9(14)15)6(12)4-10/h7-8,13H,4-5H2,1-3H3/p+1. The zero-order valence-corrected chi connectivity index (χ0v) is 9.11. The third kappa shape index (κ3) is 4.85. The average Bonchev–Trinajstić information content (AvgIpc) is 1.99. The van der Waals surface area contributed by atoms with Crippen LogP contribution in [0.2, 0.25) is 0 Å². The number of carbonyl (C=O) groups is 2. The van der Waals surface area contributed by atoms with E-state index in [1.807, 2.05) is 0 Å². The Hall–Kier alpha value is -1.01. The van der Waals surface area contributed by atoms with Gasteiger partial charge in [0, 0.05) is 0 Å². The Labute approximate surface area is 87.7 Å². The maximum absolute atomic E-state index is 12.1. The van der Waals surface area contributed by atoms with Gasteiger partial charge in [-0.15, -0.1) is 0 Å². The van der Waals surface area contributed by atoms with E-state index in [4.69, 9.17) is 5.11 Å². The molecule has 0 amide bonds. The average molecular weight is 222 g/mol. The Bertz CT molecular complexity index is 249. The zero-order chi connectivity index (χ0) is 12.2. The monoisotopic (exact) mass is 222 g/mol. The van der Waals surface area contributed by atoms with Crippen molar-refractivity contribution in [2.24, 2.45) is 5.92 Å². The lowest BCUT2D eigenvalue weighted by molar-refractivity contribution is -0.873. The first kappa shape index (κ1) is 14.0. The molecule has 0 radical (unpaired) electrons. The third-order valence-corrected chi connectivity index (χ3v) is 1.86. The summed E-state index contributed by atoms with van der Waals surface area (Å²) in [5.41, 5.74) is 0. The lowest BCUT2D eigenvalue weighted by atomic mass is 9.97. The van der Waals surface area contributed by atoms with E-state index in [2.05, 4.69) is 0 Å². The lowest BCUT2D eigenvalue weighted by Crippen LogP contribution is -2.48. The van der Waals surface area contributed by atoms with Crippen molar-refractivity contribution in [1.29, 1.82) is 0 Å². The Morgan fingerprint density at radius 1 is 1.33 bits per heavy atom. The summed E-state index contributed by atoms with van der Waals surface area (Å²) in [6, 6.07) is 0. The van der Waals surface area contributed by atoms with Crippen LogP contribution in [0.15, 0.2) is 0 Å². The number of ketones is 1. The van der Waals surface area contributed by atoms with Crippen LogP contribution in [0.5, 0.6) is 0 Å². The predicted molar refractivity (Wildman–Crippen MR) is 51.0 cm³/mol. The Morgan fingerprint density at radius 2 is 1.80 bits per heavy atom. The van der Waals surface area contributed by atoms with Crippen molar-refractivity contribution in [1.82, 2.24) is 0 Å². The largest absolute Gasteiger partial charge is 0.481 e. The molecule has 0 saturated carbocycles. The van der Waals surface area contributed by atoms with Gasteiger partial charge in [-0.3, -0.25) is 9.59 Å². The first-order valence-electron chi connectivity index (χ1n) is 4.49. The number of aliphatic hydroxyl groups is 1. The Balaban J connectivity index is 4.64. The number of aliphatic carboxylic acids is 1. The highest BCUT2D eigenvalue weighted by Gasteiger charge is 2.36. The summed E-state index contributed by atoms with van der Waals surface area (Å²) in [4.78, 5) is 21.6. The molecule has 2 unspecified atom stereocenters. The van der Waals surface area contributed by atoms with E-state index in [1.54, 1.807) is 21.1 Å². The van der Waals surface area contributed by atoms with E-state index < -0.39 is 30.4 Å². The van der Waals surface area contributed by atoms with Crippen LogP contribution < -0.4 is 0 Å². The van der Waals surface area contributed by atoms with Crippen LogP contribution in [0, 0.1) is 5.92 Å². The van der Waals surface area contributed by atoms with Crippen LogP contribution in [-0.2, 0) is 9.59 Å². The fraction of sp³-hybridized carbons (Fsp3) is 0.778. The molecule has 6 heteroatoms. The summed E-state index contributed by atoms with van der Waals surface area (Å²) in [7, 11) is 5.21. The molecule has 0 heterocycles. The fourth-order valence-electron chi connectivity index (χ4n) is 1.27. The molecule has 0 aliphatic heterocycles. The number of halogens is 1. The Kier molecular flexibility index (Phi) is 4.83. The molecule has 0 aromatic carbocycles. The van der Waals surface area contributed by atoms with E-state index in [9.17, 15) is 19.1 Å². The molecule has 0 aromatic heterocycles. The molecule has 0 aromatic rings. The van der Waals surface area contributed by atoms with E-state index in [0.717, 1.165) is 0 Å². The molecule has 15 heavy (non-hydrogen) atoms. The van der Waals surface area contributed by atoms with Crippen molar-refractivity contribution in [2.75, 3.05) is 34.4 Å². The van der Waals surface area contributed by atoms with Crippen LogP contribution in [-0.4, -0.2) is 66.9 Å². The summed E-state index contributed by atoms with van der Waals surface area (Å²) in [5, 5.41) is 18.2. The second kappa shape index (κ2) is 5.18. The predicted octanol–water partition coefficient (Wildman–Crippen LogP) is -0.707. The van der Waals surface area contributed by atoms with Gasteiger partial charge in [0.2, 0.25) is 0 Å². The first-order chi connectivity index (χ1) is 6.69. The summed E-state index contributed by atoms with van der Waals surface area (Å²) in [6.45, 7) is -1.30. The van der Waals surface area contributed by atoms with Crippen LogP contribution in [0.25, 0.3) is 0 Å². The van der Waals surface area contributed by atoms with Crippen LogP contribution in [0.4, 0.5) is 4.39 Å². The van der Waals surface area contributed by atoms with Gasteiger partial charge in [-0.1, -0.05) is 0 Å². The highest BCUT2D eigenvalue weighted by molar-refractivity contribution is 5.99. The number of carboxylic acid groups (broad SMARTS) is 1. The molecule has 0 bridgehead atoms. The lowest BCUT2D eigenvalue weighted by Gasteiger charge is -2.28. The number of hydrogen-bond acceptors (Lipinski definition) is 3. The number of rotatable bonds is 6. The molecule has 0 spiro atoms. The van der Waals surface area contributed by atoms with Gasteiger partial charge in [-0.25, -0.2) is 4.39 Å². The molecule has 2 atom stereocenters. The molecule has 0 aliphatic carbocycles. The van der Waals surface area contributed by atoms with Gasteiger partial charge in [-0.2, -0.15) is 0 Å². The summed E-state index contributed by atoms with van der Waals surface area (Å²) in [6.07, 6.45) is -1.37. The SMILES string of the molecule is C[N+](C)(C)CC(O)C(C(=O)O)C(=O)CF. The van der Waals surface area contributed by atoms with E-state index in [1.165, 1.54) is 0 Å². The number of Topliss-reactive ketones (excluding diaryl/α,β-unsaturated/α-hetero) is 1. The summed E-state index contributed by atoms with van der Waals surface area (Å²) >= 11 is 0. The van der Waals surface area contributed by atoms with Crippen LogP contribution in [0.3, 0.4) is 0 Å². The smallest absolute Gasteiger partial charge is 0.317 e. The number of likely N-dealkylation sites (N-methyl/N-ethyl adjacent to an activating group) is 1. The van der Waals surface area contributed by atoms with Gasteiger partial charge in [0.05, 0.1) is 21.1 Å². The van der Waals surface area contributed by atoms with Gasteiger partial charge in [0.15, 0.2) is 5.78 Å². The minimum absolute atomic E-state index is 0.0721. The highest BCUT2D eigenvalue weighted by Crippen LogP contribution is 2.10. The number of nitrogens with zero attached hydrogens (tertiary/aromatic N) is 1. The van der Waals surface area contributed by atoms with Crippen molar-refractivity contribution in [3.05, 3.63) is 0 Å². The quantitative estimate of drug-likeness (QED) is 0.460. The number of carboxylic acids is 1. The molecule has 2 N–H and O–H groups in total. The van der Waals surface area contributed by atoms with Crippen molar-refractivity contribution < 1.29 is 28.7 Å². The fourth-order valence-corrected chi connectivity index (χ4v) is 1.27.